The van der Waals surface area contributed by atoms with Gasteiger partial charge in [-0.2, -0.15) is 5.10 Å². The molecule has 3 heterocycles. The van der Waals surface area contributed by atoms with E-state index >= 15 is 0 Å². The Morgan fingerprint density at radius 3 is 2.56 bits per heavy atom. The predicted molar refractivity (Wildman–Crippen MR) is 126 cm³/mol. The number of ketones is 1. The van der Waals surface area contributed by atoms with Crippen molar-refractivity contribution in [2.45, 2.75) is 65.2 Å². The Bertz CT molecular complexity index is 992. The van der Waals surface area contributed by atoms with Crippen molar-refractivity contribution in [1.82, 2.24) is 24.1 Å². The topological polar surface area (TPSA) is 63.4 Å². The molecule has 1 aromatic heterocycles. The molecule has 0 radical (unpaired) electrons. The summed E-state index contributed by atoms with van der Waals surface area (Å²) in [7, 11) is 0. The van der Waals surface area contributed by atoms with Crippen molar-refractivity contribution < 1.29 is 9.59 Å². The number of carbonyl (C=O) groups excluding carboxylic acids is 2. The summed E-state index contributed by atoms with van der Waals surface area (Å²) in [6.07, 6.45) is 5.47. The average molecular weight is 456 g/mol. The molecule has 0 atom stereocenters. The van der Waals surface area contributed by atoms with Crippen molar-refractivity contribution in [3.05, 3.63) is 46.5 Å². The molecule has 0 aliphatic carbocycles. The highest BCUT2D eigenvalue weighted by Gasteiger charge is 2.27. The van der Waals surface area contributed by atoms with Crippen LogP contribution in [0.15, 0.2) is 30.3 Å². The van der Waals surface area contributed by atoms with E-state index in [-0.39, 0.29) is 17.6 Å². The first kappa shape index (κ1) is 22.9. The zero-order chi connectivity index (χ0) is 22.5. The fourth-order valence-electron chi connectivity index (χ4n) is 4.75. The first-order chi connectivity index (χ1) is 15.6. The Morgan fingerprint density at radius 2 is 1.84 bits per heavy atom. The molecule has 2 fully saturated rings. The minimum atomic E-state index is 0.0828. The monoisotopic (exact) mass is 455 g/mol. The molecular weight excluding hydrogens is 422 g/mol. The third-order valence-electron chi connectivity index (χ3n) is 6.67. The number of Topliss-reactive ketones (excluding diaryl/α,β-unsaturated/α-hetero) is 1. The normalized spacial score (nSPS) is 18.7. The Morgan fingerprint density at radius 1 is 1.09 bits per heavy atom. The molecule has 7 nitrogen and oxygen atoms in total. The summed E-state index contributed by atoms with van der Waals surface area (Å²) in [6.45, 7) is 6.45. The molecule has 172 valence electrons. The molecule has 2 saturated heterocycles. The van der Waals surface area contributed by atoms with Crippen molar-refractivity contribution >= 4 is 23.9 Å². The Hall–Kier alpha value is -2.32. The predicted octanol–water partition coefficient (Wildman–Crippen LogP) is 3.89. The number of hydrogen-bond donors (Lipinski definition) is 0. The molecule has 0 bridgehead atoms. The quantitative estimate of drug-likeness (QED) is 0.468. The van der Waals surface area contributed by atoms with Crippen LogP contribution in [-0.4, -0.2) is 55.5 Å². The lowest BCUT2D eigenvalue weighted by molar-refractivity contribution is -0.131. The van der Waals surface area contributed by atoms with E-state index in [9.17, 15) is 9.59 Å². The summed E-state index contributed by atoms with van der Waals surface area (Å²) in [5.41, 5.74) is 0.808. The molecule has 1 amide bonds. The van der Waals surface area contributed by atoms with E-state index in [1.54, 1.807) is 0 Å². The van der Waals surface area contributed by atoms with Crippen LogP contribution in [0.2, 0.25) is 0 Å². The summed E-state index contributed by atoms with van der Waals surface area (Å²) in [5.74, 6) is 1.42. The van der Waals surface area contributed by atoms with Crippen molar-refractivity contribution in [2.75, 3.05) is 19.6 Å². The maximum absolute atomic E-state index is 12.8. The molecule has 1 aromatic carbocycles. The van der Waals surface area contributed by atoms with Crippen LogP contribution in [0.5, 0.6) is 0 Å². The second-order valence-electron chi connectivity index (χ2n) is 8.83. The van der Waals surface area contributed by atoms with Gasteiger partial charge in [0, 0.05) is 44.1 Å². The number of benzene rings is 1. The maximum atomic E-state index is 12.8. The van der Waals surface area contributed by atoms with E-state index in [1.165, 1.54) is 0 Å². The highest BCUT2D eigenvalue weighted by molar-refractivity contribution is 7.71. The van der Waals surface area contributed by atoms with Crippen LogP contribution in [-0.2, 0) is 24.6 Å². The molecule has 2 aliphatic heterocycles. The molecule has 0 N–H and O–H groups in total. The number of carbonyl (C=O) groups is 2. The maximum Gasteiger partial charge on any atom is 0.222 e. The Kier molecular flexibility index (Phi) is 7.52. The van der Waals surface area contributed by atoms with Gasteiger partial charge in [-0.1, -0.05) is 36.8 Å². The van der Waals surface area contributed by atoms with E-state index < -0.39 is 0 Å². The summed E-state index contributed by atoms with van der Waals surface area (Å²) in [6, 6.07) is 9.59. The lowest BCUT2D eigenvalue weighted by atomic mass is 9.89. The number of hydrogen-bond acceptors (Lipinski definition) is 5. The standard InChI is InChI=1S/C24H33N5O2S/c1-2-28-21(17-27-14-8-4-7-11-22(27)30)25-29(24(28)32)18-26-15-12-20(13-16-26)23(31)19-9-5-3-6-10-19/h3,5-6,9-10,20H,2,4,7-8,11-18H2,1H3. The number of likely N-dealkylation sites (tertiary alicyclic amines) is 2. The van der Waals surface area contributed by atoms with Gasteiger partial charge in [0.25, 0.3) is 0 Å². The fraction of sp³-hybridized carbons (Fsp3) is 0.583. The van der Waals surface area contributed by atoms with Crippen LogP contribution in [0.3, 0.4) is 0 Å². The van der Waals surface area contributed by atoms with Crippen molar-refractivity contribution in [3.63, 3.8) is 0 Å². The molecule has 2 aliphatic rings. The Balaban J connectivity index is 1.39. The summed E-state index contributed by atoms with van der Waals surface area (Å²) in [4.78, 5) is 29.4. The SMILES string of the molecule is CCn1c(CN2CCCCCC2=O)nn(CN2CCC(C(=O)c3ccccc3)CC2)c1=S. The van der Waals surface area contributed by atoms with E-state index in [0.717, 1.165) is 69.7 Å². The number of aromatic nitrogens is 3. The van der Waals surface area contributed by atoms with Crippen molar-refractivity contribution in [3.8, 4) is 0 Å². The minimum Gasteiger partial charge on any atom is -0.335 e. The first-order valence-electron chi connectivity index (χ1n) is 11.8. The summed E-state index contributed by atoms with van der Waals surface area (Å²) in [5, 5.41) is 4.81. The van der Waals surface area contributed by atoms with Crippen molar-refractivity contribution in [1.29, 1.82) is 0 Å². The molecular formula is C24H33N5O2S. The van der Waals surface area contributed by atoms with E-state index in [4.69, 9.17) is 17.3 Å². The number of rotatable bonds is 7. The number of piperidine rings is 1. The van der Waals surface area contributed by atoms with Gasteiger partial charge >= 0.3 is 0 Å². The van der Waals surface area contributed by atoms with Gasteiger partial charge in [-0.25, -0.2) is 4.68 Å². The smallest absolute Gasteiger partial charge is 0.222 e. The van der Waals surface area contributed by atoms with Crippen LogP contribution >= 0.6 is 12.2 Å². The number of nitrogens with zero attached hydrogens (tertiary/aromatic N) is 5. The molecule has 8 heteroatoms. The third-order valence-corrected chi connectivity index (χ3v) is 7.10. The van der Waals surface area contributed by atoms with Gasteiger partial charge in [-0.15, -0.1) is 0 Å². The van der Waals surface area contributed by atoms with E-state index in [2.05, 4.69) is 11.8 Å². The second kappa shape index (κ2) is 10.5. The highest BCUT2D eigenvalue weighted by Crippen LogP contribution is 2.22. The zero-order valence-electron chi connectivity index (χ0n) is 18.9. The van der Waals surface area contributed by atoms with Gasteiger partial charge in [0.2, 0.25) is 5.91 Å². The van der Waals surface area contributed by atoms with Gasteiger partial charge in [-0.3, -0.25) is 14.5 Å². The third kappa shape index (κ3) is 5.18. The van der Waals surface area contributed by atoms with E-state index in [1.807, 2.05) is 44.5 Å². The summed E-state index contributed by atoms with van der Waals surface area (Å²) < 4.78 is 4.63. The van der Waals surface area contributed by atoms with Crippen molar-refractivity contribution in [2.24, 2.45) is 5.92 Å². The van der Waals surface area contributed by atoms with Crippen LogP contribution in [0, 0.1) is 10.7 Å². The van der Waals surface area contributed by atoms with Gasteiger partial charge in [0.05, 0.1) is 13.2 Å². The first-order valence-corrected chi connectivity index (χ1v) is 12.2. The highest BCUT2D eigenvalue weighted by atomic mass is 32.1. The van der Waals surface area contributed by atoms with Gasteiger partial charge in [-0.05, 0) is 44.8 Å². The molecule has 0 spiro atoms. The molecule has 4 rings (SSSR count). The molecule has 0 unspecified atom stereocenters. The van der Waals surface area contributed by atoms with Crippen LogP contribution in [0.1, 0.15) is 61.6 Å². The van der Waals surface area contributed by atoms with E-state index in [0.29, 0.717) is 24.4 Å². The lowest BCUT2D eigenvalue weighted by Gasteiger charge is -2.30. The van der Waals surface area contributed by atoms with Gasteiger partial charge < -0.3 is 9.47 Å². The van der Waals surface area contributed by atoms with Crippen LogP contribution in [0.4, 0.5) is 0 Å². The van der Waals surface area contributed by atoms with Crippen LogP contribution in [0.25, 0.3) is 0 Å². The summed E-state index contributed by atoms with van der Waals surface area (Å²) >= 11 is 5.71. The Labute approximate surface area is 195 Å². The lowest BCUT2D eigenvalue weighted by Crippen LogP contribution is -2.37. The fourth-order valence-corrected chi connectivity index (χ4v) is 5.09. The zero-order valence-corrected chi connectivity index (χ0v) is 19.7. The second-order valence-corrected chi connectivity index (χ2v) is 9.20. The minimum absolute atomic E-state index is 0.0828. The van der Waals surface area contributed by atoms with Gasteiger partial charge in [0.15, 0.2) is 16.4 Å². The average Bonchev–Trinajstić information content (AvgIpc) is 2.96. The molecule has 0 saturated carbocycles. The largest absolute Gasteiger partial charge is 0.335 e. The molecule has 32 heavy (non-hydrogen) atoms. The molecule has 2 aromatic rings. The van der Waals surface area contributed by atoms with Gasteiger partial charge in [0.1, 0.15) is 0 Å². The van der Waals surface area contributed by atoms with Crippen LogP contribution < -0.4 is 0 Å². The number of amides is 1.